The molecule has 1 fully saturated rings. The molecule has 16 heavy (non-hydrogen) atoms. The Bertz CT molecular complexity index is 399. The van der Waals surface area contributed by atoms with Gasteiger partial charge in [0.15, 0.2) is 5.69 Å². The number of thioether (sulfide) groups is 1. The molecule has 0 spiro atoms. The number of aromatic nitrogens is 2. The van der Waals surface area contributed by atoms with E-state index in [1.165, 1.54) is 6.20 Å². The molecule has 1 aliphatic heterocycles. The van der Waals surface area contributed by atoms with E-state index in [0.717, 1.165) is 18.8 Å². The fourth-order valence-corrected chi connectivity index (χ4v) is 2.65. The van der Waals surface area contributed by atoms with Crippen LogP contribution in [0.4, 0.5) is 5.82 Å². The molecule has 0 bridgehead atoms. The van der Waals surface area contributed by atoms with E-state index >= 15 is 0 Å². The lowest BCUT2D eigenvalue weighted by Gasteiger charge is -2.31. The first-order valence-corrected chi connectivity index (χ1v) is 6.13. The zero-order chi connectivity index (χ0) is 11.5. The van der Waals surface area contributed by atoms with E-state index < -0.39 is 5.97 Å². The second-order valence-electron chi connectivity index (χ2n) is 3.70. The summed E-state index contributed by atoms with van der Waals surface area (Å²) in [5.74, 6) is 0.668. The van der Waals surface area contributed by atoms with Crippen LogP contribution in [0.5, 0.6) is 0 Å². The second-order valence-corrected chi connectivity index (χ2v) is 5.24. The van der Waals surface area contributed by atoms with Crippen molar-refractivity contribution in [2.24, 2.45) is 0 Å². The van der Waals surface area contributed by atoms with Crippen molar-refractivity contribution in [1.29, 1.82) is 0 Å². The first-order valence-electron chi connectivity index (χ1n) is 5.08. The molecule has 0 radical (unpaired) electrons. The average Bonchev–Trinajstić information content (AvgIpc) is 2.29. The molecule has 1 aromatic rings. The summed E-state index contributed by atoms with van der Waals surface area (Å²) in [7, 11) is 0. The third-order valence-corrected chi connectivity index (χ3v) is 3.54. The highest BCUT2D eigenvalue weighted by atomic mass is 32.2. The van der Waals surface area contributed by atoms with Crippen molar-refractivity contribution in [3.05, 3.63) is 18.1 Å². The minimum Gasteiger partial charge on any atom is -0.476 e. The fraction of sp³-hybridized carbons (Fsp3) is 0.500. The summed E-state index contributed by atoms with van der Waals surface area (Å²) >= 11 is 1.92. The first kappa shape index (κ1) is 11.2. The van der Waals surface area contributed by atoms with Gasteiger partial charge >= 0.3 is 5.97 Å². The lowest BCUT2D eigenvalue weighted by atomic mass is 10.3. The Hall–Kier alpha value is -1.30. The van der Waals surface area contributed by atoms with Crippen molar-refractivity contribution in [2.75, 3.05) is 23.7 Å². The van der Waals surface area contributed by atoms with Crippen molar-refractivity contribution < 1.29 is 9.90 Å². The molecule has 1 saturated heterocycles. The summed E-state index contributed by atoms with van der Waals surface area (Å²) in [5, 5.41) is 9.38. The van der Waals surface area contributed by atoms with Crippen LogP contribution in [0, 0.1) is 0 Å². The minimum atomic E-state index is -1.03. The van der Waals surface area contributed by atoms with E-state index in [1.54, 1.807) is 6.20 Å². The van der Waals surface area contributed by atoms with Crippen molar-refractivity contribution in [2.45, 2.75) is 12.2 Å². The highest BCUT2D eigenvalue weighted by molar-refractivity contribution is 8.00. The minimum absolute atomic E-state index is 0.00313. The van der Waals surface area contributed by atoms with Crippen LogP contribution in [0.15, 0.2) is 12.4 Å². The molecule has 86 valence electrons. The highest BCUT2D eigenvalue weighted by Crippen LogP contribution is 2.21. The largest absolute Gasteiger partial charge is 0.476 e. The van der Waals surface area contributed by atoms with Crippen molar-refractivity contribution in [1.82, 2.24) is 9.97 Å². The standard InChI is InChI=1S/C10H13N3O2S/c1-7-6-13(2-3-16-7)9-5-11-4-8(12-9)10(14)15/h4-5,7H,2-3,6H2,1H3,(H,14,15). The van der Waals surface area contributed by atoms with Crippen molar-refractivity contribution in [3.63, 3.8) is 0 Å². The highest BCUT2D eigenvalue weighted by Gasteiger charge is 2.19. The number of rotatable bonds is 2. The van der Waals surface area contributed by atoms with Gasteiger partial charge in [-0.1, -0.05) is 6.92 Å². The van der Waals surface area contributed by atoms with Crippen LogP contribution in [0.25, 0.3) is 0 Å². The quantitative estimate of drug-likeness (QED) is 0.834. The maximum Gasteiger partial charge on any atom is 0.356 e. The van der Waals surface area contributed by atoms with Crippen molar-refractivity contribution in [3.8, 4) is 0 Å². The predicted octanol–water partition coefficient (Wildman–Crippen LogP) is 1.12. The van der Waals surface area contributed by atoms with E-state index in [4.69, 9.17) is 5.11 Å². The summed E-state index contributed by atoms with van der Waals surface area (Å²) in [6, 6.07) is 0. The van der Waals surface area contributed by atoms with E-state index in [-0.39, 0.29) is 5.69 Å². The lowest BCUT2D eigenvalue weighted by Crippen LogP contribution is -2.37. The smallest absolute Gasteiger partial charge is 0.356 e. The molecule has 1 N–H and O–H groups in total. The SMILES string of the molecule is CC1CN(c2cncc(C(=O)O)n2)CCS1. The molecule has 6 heteroatoms. The molecule has 1 aromatic heterocycles. The molecule has 2 rings (SSSR count). The van der Waals surface area contributed by atoms with Crippen LogP contribution in [-0.2, 0) is 0 Å². The molecule has 0 saturated carbocycles. The number of anilines is 1. The maximum atomic E-state index is 10.8. The van der Waals surface area contributed by atoms with E-state index in [0.29, 0.717) is 11.1 Å². The van der Waals surface area contributed by atoms with Crippen LogP contribution in [0.3, 0.4) is 0 Å². The molecule has 5 nitrogen and oxygen atoms in total. The fourth-order valence-electron chi connectivity index (χ4n) is 1.64. The molecule has 1 atom stereocenters. The Morgan fingerprint density at radius 2 is 2.44 bits per heavy atom. The van der Waals surface area contributed by atoms with Gasteiger partial charge in [-0.05, 0) is 0 Å². The number of carboxylic acid groups (broad SMARTS) is 1. The van der Waals surface area contributed by atoms with E-state index in [1.807, 2.05) is 11.8 Å². The van der Waals surface area contributed by atoms with Gasteiger partial charge in [0.1, 0.15) is 5.82 Å². The molecular formula is C10H13N3O2S. The lowest BCUT2D eigenvalue weighted by molar-refractivity contribution is 0.0690. The van der Waals surface area contributed by atoms with Crippen LogP contribution in [0.2, 0.25) is 0 Å². The van der Waals surface area contributed by atoms with Gasteiger partial charge in [-0.25, -0.2) is 9.78 Å². The van der Waals surface area contributed by atoms with Gasteiger partial charge < -0.3 is 10.0 Å². The van der Waals surface area contributed by atoms with Gasteiger partial charge in [0.2, 0.25) is 0 Å². The van der Waals surface area contributed by atoms with Crippen LogP contribution in [0.1, 0.15) is 17.4 Å². The monoisotopic (exact) mass is 239 g/mol. The first-order chi connectivity index (χ1) is 7.66. The Labute approximate surface area is 97.9 Å². The molecular weight excluding hydrogens is 226 g/mol. The van der Waals surface area contributed by atoms with Gasteiger partial charge in [-0.2, -0.15) is 11.8 Å². The van der Waals surface area contributed by atoms with Gasteiger partial charge in [0, 0.05) is 24.1 Å². The molecule has 2 heterocycles. The van der Waals surface area contributed by atoms with Crippen molar-refractivity contribution >= 4 is 23.5 Å². The zero-order valence-corrected chi connectivity index (χ0v) is 9.78. The predicted molar refractivity (Wildman–Crippen MR) is 63.1 cm³/mol. The molecule has 0 aromatic carbocycles. The Kier molecular flexibility index (Phi) is 3.28. The number of hydrogen-bond acceptors (Lipinski definition) is 5. The maximum absolute atomic E-state index is 10.8. The second kappa shape index (κ2) is 4.69. The van der Waals surface area contributed by atoms with Gasteiger partial charge in [-0.3, -0.25) is 4.98 Å². The molecule has 0 amide bonds. The average molecular weight is 239 g/mol. The summed E-state index contributed by atoms with van der Waals surface area (Å²) in [5.41, 5.74) is 0.00313. The topological polar surface area (TPSA) is 66.3 Å². The summed E-state index contributed by atoms with van der Waals surface area (Å²) < 4.78 is 0. The van der Waals surface area contributed by atoms with Crippen LogP contribution < -0.4 is 4.90 Å². The zero-order valence-electron chi connectivity index (χ0n) is 8.96. The van der Waals surface area contributed by atoms with Gasteiger partial charge in [-0.15, -0.1) is 0 Å². The van der Waals surface area contributed by atoms with Gasteiger partial charge in [0.25, 0.3) is 0 Å². The number of nitrogens with zero attached hydrogens (tertiary/aromatic N) is 3. The normalized spacial score (nSPS) is 20.8. The number of carbonyl (C=O) groups is 1. The summed E-state index contributed by atoms with van der Waals surface area (Å²) in [6.07, 6.45) is 2.89. The Morgan fingerprint density at radius 3 is 3.12 bits per heavy atom. The van der Waals surface area contributed by atoms with E-state index in [9.17, 15) is 4.79 Å². The molecule has 1 aliphatic rings. The third-order valence-electron chi connectivity index (χ3n) is 2.41. The van der Waals surface area contributed by atoms with E-state index in [2.05, 4.69) is 21.8 Å². The number of aromatic carboxylic acids is 1. The van der Waals surface area contributed by atoms with Gasteiger partial charge in [0.05, 0.1) is 12.4 Å². The number of carboxylic acids is 1. The third kappa shape index (κ3) is 2.44. The van der Waals surface area contributed by atoms with Crippen LogP contribution in [-0.4, -0.2) is 45.1 Å². The number of hydrogen-bond donors (Lipinski definition) is 1. The molecule has 1 unspecified atom stereocenters. The summed E-state index contributed by atoms with van der Waals surface area (Å²) in [4.78, 5) is 20.9. The molecule has 0 aliphatic carbocycles. The Morgan fingerprint density at radius 1 is 1.62 bits per heavy atom. The Balaban J connectivity index is 2.19. The summed E-state index contributed by atoms with van der Waals surface area (Å²) in [6.45, 7) is 3.94. The van der Waals surface area contributed by atoms with Crippen LogP contribution >= 0.6 is 11.8 Å².